The van der Waals surface area contributed by atoms with Crippen LogP contribution in [0.25, 0.3) is 10.2 Å². The Bertz CT molecular complexity index is 875. The number of carbonyl (C=O) groups excluding carboxylic acids is 1. The lowest BCUT2D eigenvalue weighted by molar-refractivity contribution is -0.0489. The van der Waals surface area contributed by atoms with Crippen molar-refractivity contribution in [1.82, 2.24) is 14.8 Å². The van der Waals surface area contributed by atoms with Crippen LogP contribution in [0.5, 0.6) is 5.75 Å². The molecule has 0 saturated carbocycles. The van der Waals surface area contributed by atoms with Crippen molar-refractivity contribution >= 4 is 32.6 Å². The summed E-state index contributed by atoms with van der Waals surface area (Å²) in [4.78, 5) is 16.4. The van der Waals surface area contributed by atoms with Gasteiger partial charge in [0.1, 0.15) is 11.2 Å². The maximum Gasteiger partial charge on any atom is 0.387 e. The van der Waals surface area contributed by atoms with E-state index >= 15 is 0 Å². The number of rotatable bonds is 4. The van der Waals surface area contributed by atoms with E-state index in [0.717, 1.165) is 5.69 Å². The lowest BCUT2D eigenvalue weighted by Gasteiger charge is -2.03. The molecule has 0 aliphatic heterocycles. The molecule has 3 aromatic rings. The summed E-state index contributed by atoms with van der Waals surface area (Å²) >= 11 is 1.18. The number of fused-ring (bicyclic) bond motifs is 1. The van der Waals surface area contributed by atoms with Gasteiger partial charge in [0.05, 0.1) is 10.4 Å². The molecule has 0 saturated heterocycles. The van der Waals surface area contributed by atoms with Gasteiger partial charge in [-0.05, 0) is 25.1 Å². The molecular formula is C14H12F2N4O2S. The molecule has 0 bridgehead atoms. The Hall–Kier alpha value is -2.55. The van der Waals surface area contributed by atoms with Gasteiger partial charge >= 0.3 is 6.61 Å². The van der Waals surface area contributed by atoms with E-state index in [1.807, 2.05) is 0 Å². The summed E-state index contributed by atoms with van der Waals surface area (Å²) in [6, 6.07) is 6.36. The van der Waals surface area contributed by atoms with Crippen molar-refractivity contribution < 1.29 is 18.3 Å². The smallest absolute Gasteiger partial charge is 0.387 e. The fourth-order valence-corrected chi connectivity index (χ4v) is 3.03. The summed E-state index contributed by atoms with van der Waals surface area (Å²) in [5.41, 5.74) is 1.38. The molecule has 2 heterocycles. The average Bonchev–Trinajstić information content (AvgIpc) is 3.01. The highest BCUT2D eigenvalue weighted by Crippen LogP contribution is 2.33. The Morgan fingerprint density at radius 2 is 2.22 bits per heavy atom. The van der Waals surface area contributed by atoms with Gasteiger partial charge in [-0.25, -0.2) is 4.98 Å². The minimum atomic E-state index is -2.93. The number of halogens is 2. The average molecular weight is 338 g/mol. The van der Waals surface area contributed by atoms with Crippen LogP contribution in [-0.2, 0) is 7.05 Å². The van der Waals surface area contributed by atoms with Crippen LogP contribution in [0.2, 0.25) is 0 Å². The Balaban J connectivity index is 1.89. The first kappa shape index (κ1) is 15.3. The van der Waals surface area contributed by atoms with Crippen molar-refractivity contribution in [1.29, 1.82) is 0 Å². The highest BCUT2D eigenvalue weighted by atomic mass is 32.1. The molecule has 0 atom stereocenters. The Morgan fingerprint density at radius 3 is 2.87 bits per heavy atom. The number of ether oxygens (including phenoxy) is 1. The summed E-state index contributed by atoms with van der Waals surface area (Å²) in [7, 11) is 1.66. The molecule has 3 rings (SSSR count). The molecular weight excluding hydrogens is 326 g/mol. The number of alkyl halides is 2. The predicted octanol–water partition coefficient (Wildman–Crippen LogP) is 3.19. The molecule has 1 N–H and O–H groups in total. The van der Waals surface area contributed by atoms with Crippen LogP contribution >= 0.6 is 11.3 Å². The molecule has 2 aromatic heterocycles. The van der Waals surface area contributed by atoms with E-state index in [1.165, 1.54) is 22.1 Å². The van der Waals surface area contributed by atoms with Crippen molar-refractivity contribution in [3.05, 3.63) is 35.7 Å². The minimum Gasteiger partial charge on any atom is -0.432 e. The van der Waals surface area contributed by atoms with Gasteiger partial charge in [-0.2, -0.15) is 13.9 Å². The largest absolute Gasteiger partial charge is 0.432 e. The van der Waals surface area contributed by atoms with Crippen LogP contribution in [0.15, 0.2) is 24.3 Å². The molecule has 0 radical (unpaired) electrons. The maximum absolute atomic E-state index is 12.4. The molecule has 0 unspecified atom stereocenters. The van der Waals surface area contributed by atoms with E-state index in [9.17, 15) is 13.6 Å². The highest BCUT2D eigenvalue weighted by Gasteiger charge is 2.16. The van der Waals surface area contributed by atoms with Crippen molar-refractivity contribution in [3.8, 4) is 5.75 Å². The summed E-state index contributed by atoms with van der Waals surface area (Å²) < 4.78 is 31.4. The van der Waals surface area contributed by atoms with Crippen LogP contribution < -0.4 is 10.1 Å². The SMILES string of the molecule is Cc1cc(C(=O)Nc2nc3c(OC(F)F)cccc3s2)n(C)n1. The number of nitrogens with zero attached hydrogens (tertiary/aromatic N) is 3. The van der Waals surface area contributed by atoms with Crippen LogP contribution in [0, 0.1) is 6.92 Å². The maximum atomic E-state index is 12.4. The molecule has 9 heteroatoms. The lowest BCUT2D eigenvalue weighted by atomic mass is 10.3. The quantitative estimate of drug-likeness (QED) is 0.793. The number of nitrogens with one attached hydrogen (secondary N) is 1. The lowest BCUT2D eigenvalue weighted by Crippen LogP contribution is -2.15. The summed E-state index contributed by atoms with van der Waals surface area (Å²) in [6.07, 6.45) is 0. The third-order valence-corrected chi connectivity index (χ3v) is 3.99. The van der Waals surface area contributed by atoms with Crippen LogP contribution in [0.1, 0.15) is 16.2 Å². The monoisotopic (exact) mass is 338 g/mol. The molecule has 23 heavy (non-hydrogen) atoms. The van der Waals surface area contributed by atoms with E-state index in [0.29, 0.717) is 15.5 Å². The summed E-state index contributed by atoms with van der Waals surface area (Å²) in [6.45, 7) is -1.15. The molecule has 0 aliphatic carbocycles. The Kier molecular flexibility index (Phi) is 3.95. The number of benzene rings is 1. The number of anilines is 1. The second-order valence-electron chi connectivity index (χ2n) is 4.75. The fraction of sp³-hybridized carbons (Fsp3) is 0.214. The number of aromatic nitrogens is 3. The second-order valence-corrected chi connectivity index (χ2v) is 5.78. The zero-order valence-electron chi connectivity index (χ0n) is 12.2. The summed E-state index contributed by atoms with van der Waals surface area (Å²) in [5.74, 6) is -0.394. The van der Waals surface area contributed by atoms with E-state index in [4.69, 9.17) is 0 Å². The van der Waals surface area contributed by atoms with Gasteiger partial charge in [-0.3, -0.25) is 14.8 Å². The third kappa shape index (κ3) is 3.14. The van der Waals surface area contributed by atoms with E-state index in [-0.39, 0.29) is 17.2 Å². The number of hydrogen-bond acceptors (Lipinski definition) is 5. The van der Waals surface area contributed by atoms with E-state index in [2.05, 4.69) is 20.1 Å². The molecule has 120 valence electrons. The molecule has 6 nitrogen and oxygen atoms in total. The fourth-order valence-electron chi connectivity index (χ4n) is 2.15. The van der Waals surface area contributed by atoms with Crippen LogP contribution in [0.4, 0.5) is 13.9 Å². The number of thiazole rings is 1. The van der Waals surface area contributed by atoms with Crippen molar-refractivity contribution in [2.75, 3.05) is 5.32 Å². The van der Waals surface area contributed by atoms with Gasteiger partial charge < -0.3 is 4.74 Å². The molecule has 1 amide bonds. The predicted molar refractivity (Wildman–Crippen MR) is 82.2 cm³/mol. The van der Waals surface area contributed by atoms with Crippen molar-refractivity contribution in [3.63, 3.8) is 0 Å². The molecule has 1 aromatic carbocycles. The Labute approximate surface area is 133 Å². The van der Waals surface area contributed by atoms with Crippen LogP contribution in [0.3, 0.4) is 0 Å². The first-order chi connectivity index (χ1) is 10.9. The van der Waals surface area contributed by atoms with Gasteiger partial charge in [0, 0.05) is 7.05 Å². The number of carbonyl (C=O) groups is 1. The van der Waals surface area contributed by atoms with Gasteiger partial charge in [-0.1, -0.05) is 17.4 Å². The van der Waals surface area contributed by atoms with Gasteiger partial charge in [-0.15, -0.1) is 0 Å². The number of amides is 1. The minimum absolute atomic E-state index is 0.0226. The van der Waals surface area contributed by atoms with Gasteiger partial charge in [0.15, 0.2) is 10.9 Å². The van der Waals surface area contributed by atoms with E-state index in [1.54, 1.807) is 32.2 Å². The molecule has 0 spiro atoms. The van der Waals surface area contributed by atoms with Gasteiger partial charge in [0.25, 0.3) is 5.91 Å². The van der Waals surface area contributed by atoms with E-state index < -0.39 is 6.61 Å². The third-order valence-electron chi connectivity index (χ3n) is 3.05. The normalized spacial score (nSPS) is 11.2. The first-order valence-corrected chi connectivity index (χ1v) is 7.42. The highest BCUT2D eigenvalue weighted by molar-refractivity contribution is 7.22. The first-order valence-electron chi connectivity index (χ1n) is 6.60. The second kappa shape index (κ2) is 5.92. The van der Waals surface area contributed by atoms with Crippen molar-refractivity contribution in [2.24, 2.45) is 7.05 Å². The van der Waals surface area contributed by atoms with Crippen LogP contribution in [-0.4, -0.2) is 27.3 Å². The van der Waals surface area contributed by atoms with Gasteiger partial charge in [0.2, 0.25) is 0 Å². The zero-order chi connectivity index (χ0) is 16.6. The number of aryl methyl sites for hydroxylation is 2. The zero-order valence-corrected chi connectivity index (χ0v) is 13.0. The topological polar surface area (TPSA) is 69.0 Å². The summed E-state index contributed by atoms with van der Waals surface area (Å²) in [5, 5.41) is 7.05. The number of para-hydroxylation sites is 1. The standard InChI is InChI=1S/C14H12F2N4O2S/c1-7-6-8(20(2)19-7)12(21)18-14-17-11-9(22-13(15)16)4-3-5-10(11)23-14/h3-6,13H,1-2H3,(H,17,18,21). The number of hydrogen-bond donors (Lipinski definition) is 1. The Morgan fingerprint density at radius 1 is 1.43 bits per heavy atom. The van der Waals surface area contributed by atoms with Crippen molar-refractivity contribution in [2.45, 2.75) is 13.5 Å². The molecule has 0 fully saturated rings. The molecule has 0 aliphatic rings.